The molecule has 0 saturated carbocycles. The van der Waals surface area contributed by atoms with E-state index in [1.54, 1.807) is 6.20 Å². The Morgan fingerprint density at radius 3 is 2.83 bits per heavy atom. The highest BCUT2D eigenvalue weighted by molar-refractivity contribution is 9.10. The van der Waals surface area contributed by atoms with Crippen LogP contribution in [0.3, 0.4) is 0 Å². The Hall–Kier alpha value is -1.95. The largest absolute Gasteiger partial charge is 0.336 e. The van der Waals surface area contributed by atoms with Crippen LogP contribution in [0.2, 0.25) is 0 Å². The lowest BCUT2D eigenvalue weighted by Crippen LogP contribution is -2.56. The first-order valence-corrected chi connectivity index (χ1v) is 8.53. The van der Waals surface area contributed by atoms with Crippen LogP contribution in [0, 0.1) is 12.8 Å². The molecule has 2 fully saturated rings. The molecule has 5 nitrogen and oxygen atoms in total. The molecule has 2 aliphatic rings. The van der Waals surface area contributed by atoms with Gasteiger partial charge in [0.2, 0.25) is 5.95 Å². The number of amides is 1. The second kappa shape index (κ2) is 5.60. The summed E-state index contributed by atoms with van der Waals surface area (Å²) in [6.07, 6.45) is 1.80. The number of rotatable bonds is 2. The molecule has 1 amide bonds. The molecule has 118 valence electrons. The van der Waals surface area contributed by atoms with Gasteiger partial charge in [-0.3, -0.25) is 4.79 Å². The van der Waals surface area contributed by atoms with E-state index >= 15 is 0 Å². The molecule has 1 aromatic carbocycles. The lowest BCUT2D eigenvalue weighted by atomic mass is 9.93. The third kappa shape index (κ3) is 2.51. The van der Waals surface area contributed by atoms with Crippen LogP contribution in [0.1, 0.15) is 16.1 Å². The zero-order valence-electron chi connectivity index (χ0n) is 12.8. The van der Waals surface area contributed by atoms with Crippen molar-refractivity contribution >= 4 is 27.8 Å². The average molecular weight is 373 g/mol. The van der Waals surface area contributed by atoms with Gasteiger partial charge in [0.25, 0.3) is 5.91 Å². The number of anilines is 1. The molecule has 6 heteroatoms. The Kier molecular flexibility index (Phi) is 3.56. The number of hydrogen-bond acceptors (Lipinski definition) is 4. The Morgan fingerprint density at radius 1 is 1.22 bits per heavy atom. The minimum Gasteiger partial charge on any atom is -0.336 e. The number of likely N-dealkylation sites (tertiary alicyclic amines) is 1. The molecule has 0 N–H and O–H groups in total. The SMILES string of the molecule is Cc1ccnc(N2CC3CN(C(=O)c4ccccc4Br)CC32)n1. The summed E-state index contributed by atoms with van der Waals surface area (Å²) >= 11 is 3.47. The van der Waals surface area contributed by atoms with Crippen molar-refractivity contribution in [3.8, 4) is 0 Å². The summed E-state index contributed by atoms with van der Waals surface area (Å²) < 4.78 is 0.850. The number of hydrogen-bond donors (Lipinski definition) is 0. The maximum atomic E-state index is 12.7. The minimum absolute atomic E-state index is 0.0944. The standard InChI is InChI=1S/C17H17BrN4O/c1-11-6-7-19-17(20-11)22-9-12-8-21(10-15(12)22)16(23)13-4-2-3-5-14(13)18/h2-7,12,15H,8-10H2,1H3. The van der Waals surface area contributed by atoms with Gasteiger partial charge in [-0.2, -0.15) is 0 Å². The second-order valence-corrected chi connectivity index (χ2v) is 7.02. The van der Waals surface area contributed by atoms with Gasteiger partial charge in [0.1, 0.15) is 0 Å². The van der Waals surface area contributed by atoms with Gasteiger partial charge in [0, 0.05) is 41.9 Å². The molecule has 2 aliphatic heterocycles. The van der Waals surface area contributed by atoms with Gasteiger partial charge >= 0.3 is 0 Å². The predicted octanol–water partition coefficient (Wildman–Crippen LogP) is 2.51. The van der Waals surface area contributed by atoms with E-state index in [9.17, 15) is 4.79 Å². The van der Waals surface area contributed by atoms with E-state index in [-0.39, 0.29) is 5.91 Å². The molecule has 0 aliphatic carbocycles. The van der Waals surface area contributed by atoms with E-state index in [1.807, 2.05) is 42.2 Å². The lowest BCUT2D eigenvalue weighted by molar-refractivity contribution is 0.0788. The van der Waals surface area contributed by atoms with Crippen molar-refractivity contribution in [1.82, 2.24) is 14.9 Å². The van der Waals surface area contributed by atoms with Crippen molar-refractivity contribution in [3.05, 3.63) is 52.3 Å². The van der Waals surface area contributed by atoms with E-state index in [4.69, 9.17) is 0 Å². The van der Waals surface area contributed by atoms with Gasteiger partial charge in [-0.15, -0.1) is 0 Å². The number of carbonyl (C=O) groups excluding carboxylic acids is 1. The monoisotopic (exact) mass is 372 g/mol. The van der Waals surface area contributed by atoms with E-state index in [1.165, 1.54) is 0 Å². The van der Waals surface area contributed by atoms with Crippen molar-refractivity contribution in [1.29, 1.82) is 0 Å². The molecule has 2 atom stereocenters. The van der Waals surface area contributed by atoms with Gasteiger partial charge in [0.15, 0.2) is 0 Å². The first-order chi connectivity index (χ1) is 11.1. The molecule has 23 heavy (non-hydrogen) atoms. The topological polar surface area (TPSA) is 49.3 Å². The quantitative estimate of drug-likeness (QED) is 0.812. The van der Waals surface area contributed by atoms with Gasteiger partial charge in [-0.25, -0.2) is 9.97 Å². The average Bonchev–Trinajstić information content (AvgIpc) is 2.85. The number of carbonyl (C=O) groups is 1. The maximum Gasteiger partial charge on any atom is 0.255 e. The molecule has 1 aromatic heterocycles. The molecule has 0 spiro atoms. The number of aryl methyl sites for hydroxylation is 1. The van der Waals surface area contributed by atoms with Crippen LogP contribution < -0.4 is 4.90 Å². The molecular weight excluding hydrogens is 356 g/mol. The molecule has 0 radical (unpaired) electrons. The summed E-state index contributed by atoms with van der Waals surface area (Å²) in [5.74, 6) is 1.39. The van der Waals surface area contributed by atoms with Gasteiger partial charge in [0.05, 0.1) is 11.6 Å². The first-order valence-electron chi connectivity index (χ1n) is 7.73. The Labute approximate surface area is 143 Å². The fourth-order valence-corrected chi connectivity index (χ4v) is 3.87. The summed E-state index contributed by atoms with van der Waals surface area (Å²) in [6, 6.07) is 9.83. The van der Waals surface area contributed by atoms with E-state index in [0.717, 1.165) is 41.3 Å². The normalized spacial score (nSPS) is 22.7. The zero-order chi connectivity index (χ0) is 16.0. The molecule has 4 rings (SSSR count). The van der Waals surface area contributed by atoms with Crippen LogP contribution in [0.4, 0.5) is 5.95 Å². The van der Waals surface area contributed by atoms with Crippen LogP contribution in [0.15, 0.2) is 41.0 Å². The third-order valence-electron chi connectivity index (χ3n) is 4.67. The number of halogens is 1. The Morgan fingerprint density at radius 2 is 2.04 bits per heavy atom. The van der Waals surface area contributed by atoms with E-state index in [2.05, 4.69) is 30.8 Å². The predicted molar refractivity (Wildman–Crippen MR) is 91.4 cm³/mol. The summed E-state index contributed by atoms with van der Waals surface area (Å²) in [4.78, 5) is 25.8. The fraction of sp³-hybridized carbons (Fsp3) is 0.353. The maximum absolute atomic E-state index is 12.7. The van der Waals surface area contributed by atoms with E-state index < -0.39 is 0 Å². The molecule has 2 saturated heterocycles. The zero-order valence-corrected chi connectivity index (χ0v) is 14.4. The van der Waals surface area contributed by atoms with Crippen LogP contribution in [0.5, 0.6) is 0 Å². The Bertz CT molecular complexity index is 766. The van der Waals surface area contributed by atoms with Crippen molar-refractivity contribution in [2.75, 3.05) is 24.5 Å². The minimum atomic E-state index is 0.0944. The molecule has 3 heterocycles. The highest BCUT2D eigenvalue weighted by atomic mass is 79.9. The third-order valence-corrected chi connectivity index (χ3v) is 5.36. The summed E-state index contributed by atoms with van der Waals surface area (Å²) in [7, 11) is 0. The highest BCUT2D eigenvalue weighted by Gasteiger charge is 2.48. The van der Waals surface area contributed by atoms with Gasteiger partial charge < -0.3 is 9.80 Å². The van der Waals surface area contributed by atoms with Crippen molar-refractivity contribution in [2.45, 2.75) is 13.0 Å². The van der Waals surface area contributed by atoms with Gasteiger partial charge in [-0.1, -0.05) is 12.1 Å². The smallest absolute Gasteiger partial charge is 0.255 e. The summed E-state index contributed by atoms with van der Waals surface area (Å²) in [5.41, 5.74) is 1.70. The van der Waals surface area contributed by atoms with Crippen molar-refractivity contribution in [2.24, 2.45) is 5.92 Å². The first kappa shape index (κ1) is 14.6. The molecule has 0 bridgehead atoms. The Balaban J connectivity index is 1.50. The summed E-state index contributed by atoms with van der Waals surface area (Å²) in [5, 5.41) is 0. The van der Waals surface area contributed by atoms with Crippen molar-refractivity contribution < 1.29 is 4.79 Å². The molecule has 2 unspecified atom stereocenters. The molecule has 2 aromatic rings. The number of benzene rings is 1. The number of aromatic nitrogens is 2. The second-order valence-electron chi connectivity index (χ2n) is 6.17. The number of fused-ring (bicyclic) bond motifs is 1. The summed E-state index contributed by atoms with van der Waals surface area (Å²) in [6.45, 7) is 4.45. The number of nitrogens with zero attached hydrogens (tertiary/aromatic N) is 4. The van der Waals surface area contributed by atoms with Crippen LogP contribution in [-0.2, 0) is 0 Å². The molecular formula is C17H17BrN4O. The van der Waals surface area contributed by atoms with Crippen LogP contribution in [0.25, 0.3) is 0 Å². The van der Waals surface area contributed by atoms with Gasteiger partial charge in [-0.05, 0) is 41.1 Å². The van der Waals surface area contributed by atoms with Crippen molar-refractivity contribution in [3.63, 3.8) is 0 Å². The van der Waals surface area contributed by atoms with Crippen LogP contribution >= 0.6 is 15.9 Å². The van der Waals surface area contributed by atoms with Crippen LogP contribution in [-0.4, -0.2) is 46.5 Å². The van der Waals surface area contributed by atoms with E-state index in [0.29, 0.717) is 12.0 Å². The fourth-order valence-electron chi connectivity index (χ4n) is 3.41. The highest BCUT2D eigenvalue weighted by Crippen LogP contribution is 2.35. The lowest BCUT2D eigenvalue weighted by Gasteiger charge is -2.43.